The average molecular weight is 843 g/mol. The summed E-state index contributed by atoms with van der Waals surface area (Å²) < 4.78 is 14.3. The number of nitrogens with zero attached hydrogens (tertiary/aromatic N) is 2. The number of hydrogen-bond donors (Lipinski definition) is 0. The zero-order valence-electron chi connectivity index (χ0n) is 29.7. The van der Waals surface area contributed by atoms with Crippen molar-refractivity contribution in [2.45, 2.75) is 6.42 Å². The third kappa shape index (κ3) is 7.15. The number of halogens is 2. The molecule has 55 heavy (non-hydrogen) atoms. The molecule has 0 saturated carbocycles. The molecule has 266 valence electrons. The van der Waals surface area contributed by atoms with Gasteiger partial charge in [-0.3, -0.25) is 0 Å². The smallest absolute Gasteiger partial charge is 0.135 e. The Labute approximate surface area is 337 Å². The Kier molecular flexibility index (Phi) is 9.44. The van der Waals surface area contributed by atoms with E-state index in [0.29, 0.717) is 12.2 Å². The molecular weight excluding hydrogens is 808 g/mol. The SMILES string of the molecule is C=C1/C=C\C(N(c2ccc(Br)cc2)c2ccc(-c3ccc(N(c4ccc(Br)cc4)c4ccc5oc6ccccc6c5c4)cc3)cc2)=C/Cc2ccccc2O1. The number of anilines is 5. The summed E-state index contributed by atoms with van der Waals surface area (Å²) in [6.45, 7) is 4.16. The minimum Gasteiger partial charge on any atom is -0.458 e. The van der Waals surface area contributed by atoms with Crippen LogP contribution < -0.4 is 14.5 Å². The number of fused-ring (bicyclic) bond motifs is 4. The van der Waals surface area contributed by atoms with Gasteiger partial charge in [0.1, 0.15) is 22.7 Å². The van der Waals surface area contributed by atoms with E-state index in [0.717, 1.165) is 87.5 Å². The number of rotatable bonds is 7. The molecule has 0 bridgehead atoms. The molecule has 9 rings (SSSR count). The first kappa shape index (κ1) is 34.7. The number of furan rings is 1. The van der Waals surface area contributed by atoms with Crippen molar-refractivity contribution in [3.8, 4) is 16.9 Å². The van der Waals surface area contributed by atoms with Crippen molar-refractivity contribution in [3.63, 3.8) is 0 Å². The molecule has 1 aromatic heterocycles. The number of ether oxygens (including phenoxy) is 1. The second kappa shape index (κ2) is 15.0. The lowest BCUT2D eigenvalue weighted by atomic mass is 10.0. The molecule has 0 unspecified atom stereocenters. The maximum absolute atomic E-state index is 6.15. The van der Waals surface area contributed by atoms with Crippen LogP contribution in [0.4, 0.5) is 28.4 Å². The molecule has 0 spiro atoms. The van der Waals surface area contributed by atoms with Crippen molar-refractivity contribution in [2.75, 3.05) is 9.80 Å². The highest BCUT2D eigenvalue weighted by atomic mass is 79.9. The molecule has 0 amide bonds. The van der Waals surface area contributed by atoms with Crippen molar-refractivity contribution in [1.82, 2.24) is 0 Å². The van der Waals surface area contributed by atoms with Gasteiger partial charge in [0.2, 0.25) is 0 Å². The second-order valence-electron chi connectivity index (χ2n) is 13.3. The zero-order valence-corrected chi connectivity index (χ0v) is 32.9. The summed E-state index contributed by atoms with van der Waals surface area (Å²) in [7, 11) is 0. The van der Waals surface area contributed by atoms with Crippen molar-refractivity contribution in [1.29, 1.82) is 0 Å². The van der Waals surface area contributed by atoms with Gasteiger partial charge in [0.25, 0.3) is 0 Å². The van der Waals surface area contributed by atoms with Gasteiger partial charge in [0, 0.05) is 53.9 Å². The fraction of sp³-hybridized carbons (Fsp3) is 0.0204. The molecule has 8 aromatic rings. The summed E-state index contributed by atoms with van der Waals surface area (Å²) in [5, 5.41) is 2.20. The van der Waals surface area contributed by atoms with Crippen molar-refractivity contribution >= 4 is 82.2 Å². The van der Waals surface area contributed by atoms with E-state index in [-0.39, 0.29) is 0 Å². The van der Waals surface area contributed by atoms with E-state index in [1.807, 2.05) is 36.4 Å². The molecule has 2 heterocycles. The van der Waals surface area contributed by atoms with Gasteiger partial charge in [-0.05, 0) is 138 Å². The predicted octanol–water partition coefficient (Wildman–Crippen LogP) is 15.0. The standard InChI is InChI=1S/C49H34Br2N2O2/c1-33-10-20-39(25-15-36-6-2-4-8-47(36)54-33)52(42-26-16-37(50)17-27-42)40-21-11-34(12-22-40)35-13-23-41(24-14-35)53(43-28-18-38(51)19-29-43)44-30-31-49-46(32-44)45-7-3-5-9-48(45)55-49/h2-14,16-32H,1,15H2/b20-10-,39-25+. The third-order valence-electron chi connectivity index (χ3n) is 9.82. The highest BCUT2D eigenvalue weighted by Gasteiger charge is 2.18. The largest absolute Gasteiger partial charge is 0.458 e. The first-order valence-corrected chi connectivity index (χ1v) is 19.6. The Bertz CT molecular complexity index is 2730. The number of benzene rings is 7. The van der Waals surface area contributed by atoms with Crippen LogP contribution in [0.25, 0.3) is 33.1 Å². The Balaban J connectivity index is 1.06. The molecule has 7 aromatic carbocycles. The van der Waals surface area contributed by atoms with Crippen LogP contribution in [0.15, 0.2) is 213 Å². The molecule has 4 nitrogen and oxygen atoms in total. The Morgan fingerprint density at radius 3 is 1.67 bits per heavy atom. The highest BCUT2D eigenvalue weighted by Crippen LogP contribution is 2.40. The molecule has 0 N–H and O–H groups in total. The van der Waals surface area contributed by atoms with Crippen LogP contribution in [-0.2, 0) is 6.42 Å². The quantitative estimate of drug-likeness (QED) is 0.160. The molecular formula is C49H34Br2N2O2. The van der Waals surface area contributed by atoms with E-state index >= 15 is 0 Å². The van der Waals surface area contributed by atoms with Crippen LogP contribution in [-0.4, -0.2) is 0 Å². The van der Waals surface area contributed by atoms with Crippen LogP contribution in [0.5, 0.6) is 5.75 Å². The van der Waals surface area contributed by atoms with E-state index in [4.69, 9.17) is 9.15 Å². The lowest BCUT2D eigenvalue weighted by Crippen LogP contribution is -2.15. The summed E-state index contributed by atoms with van der Waals surface area (Å²) in [6.07, 6.45) is 6.97. The van der Waals surface area contributed by atoms with Gasteiger partial charge < -0.3 is 19.0 Å². The maximum atomic E-state index is 6.15. The normalized spacial score (nSPS) is 14.2. The molecule has 0 atom stereocenters. The van der Waals surface area contributed by atoms with Crippen molar-refractivity contribution in [2.24, 2.45) is 0 Å². The Hall–Kier alpha value is -6.08. The number of hydrogen-bond acceptors (Lipinski definition) is 4. The predicted molar refractivity (Wildman–Crippen MR) is 235 cm³/mol. The molecule has 0 radical (unpaired) electrons. The zero-order chi connectivity index (χ0) is 37.3. The third-order valence-corrected chi connectivity index (χ3v) is 10.9. The van der Waals surface area contributed by atoms with Crippen molar-refractivity contribution in [3.05, 3.63) is 215 Å². The minimum absolute atomic E-state index is 0.587. The van der Waals surface area contributed by atoms with Crippen LogP contribution in [0.1, 0.15) is 5.56 Å². The maximum Gasteiger partial charge on any atom is 0.135 e. The highest BCUT2D eigenvalue weighted by molar-refractivity contribution is 9.10. The molecule has 0 aliphatic carbocycles. The van der Waals surface area contributed by atoms with Crippen molar-refractivity contribution < 1.29 is 9.15 Å². The number of allylic oxidation sites excluding steroid dienone is 3. The number of para-hydroxylation sites is 2. The summed E-state index contributed by atoms with van der Waals surface area (Å²) in [5.74, 6) is 1.41. The summed E-state index contributed by atoms with van der Waals surface area (Å²) in [4.78, 5) is 4.56. The molecule has 6 heteroatoms. The Morgan fingerprint density at radius 2 is 1.02 bits per heavy atom. The first-order valence-electron chi connectivity index (χ1n) is 18.0. The fourth-order valence-corrected chi connectivity index (χ4v) is 7.64. The van der Waals surface area contributed by atoms with Crippen LogP contribution in [0.2, 0.25) is 0 Å². The van der Waals surface area contributed by atoms with Gasteiger partial charge in [-0.1, -0.05) is 105 Å². The van der Waals surface area contributed by atoms with Gasteiger partial charge in [-0.25, -0.2) is 0 Å². The monoisotopic (exact) mass is 840 g/mol. The van der Waals surface area contributed by atoms with Gasteiger partial charge in [0.05, 0.1) is 0 Å². The van der Waals surface area contributed by atoms with Gasteiger partial charge in [0.15, 0.2) is 0 Å². The lowest BCUT2D eigenvalue weighted by Gasteiger charge is -2.27. The summed E-state index contributed by atoms with van der Waals surface area (Å²) >= 11 is 7.23. The van der Waals surface area contributed by atoms with E-state index in [2.05, 4.69) is 194 Å². The second-order valence-corrected chi connectivity index (χ2v) is 15.2. The molecule has 1 aliphatic heterocycles. The van der Waals surface area contributed by atoms with Gasteiger partial charge in [-0.15, -0.1) is 0 Å². The minimum atomic E-state index is 0.587. The van der Waals surface area contributed by atoms with E-state index < -0.39 is 0 Å². The van der Waals surface area contributed by atoms with Crippen LogP contribution in [0, 0.1) is 0 Å². The van der Waals surface area contributed by atoms with Crippen LogP contribution in [0.3, 0.4) is 0 Å². The molecule has 1 aliphatic rings. The molecule has 0 saturated heterocycles. The lowest BCUT2D eigenvalue weighted by molar-refractivity contribution is 0.443. The topological polar surface area (TPSA) is 28.9 Å². The summed E-state index contributed by atoms with van der Waals surface area (Å²) in [6, 6.07) is 57.1. The fourth-order valence-electron chi connectivity index (χ4n) is 7.11. The first-order chi connectivity index (χ1) is 27.0. The van der Waals surface area contributed by atoms with Crippen LogP contribution >= 0.6 is 31.9 Å². The van der Waals surface area contributed by atoms with E-state index in [9.17, 15) is 0 Å². The molecule has 0 fully saturated rings. The Morgan fingerprint density at radius 1 is 0.491 bits per heavy atom. The average Bonchev–Trinajstić information content (AvgIpc) is 3.62. The summed E-state index contributed by atoms with van der Waals surface area (Å²) in [5.41, 5.74) is 11.4. The van der Waals surface area contributed by atoms with E-state index in [1.165, 1.54) is 0 Å². The van der Waals surface area contributed by atoms with Gasteiger partial charge in [-0.2, -0.15) is 0 Å². The van der Waals surface area contributed by atoms with E-state index in [1.54, 1.807) is 0 Å². The van der Waals surface area contributed by atoms with Gasteiger partial charge >= 0.3 is 0 Å².